The summed E-state index contributed by atoms with van der Waals surface area (Å²) in [4.78, 5) is 21.1. The fourth-order valence-electron chi connectivity index (χ4n) is 6.22. The lowest BCUT2D eigenvalue weighted by molar-refractivity contribution is -0.697. The van der Waals surface area contributed by atoms with E-state index in [-0.39, 0.29) is 5.75 Å². The minimum atomic E-state index is -4.20. The molecule has 0 amide bonds. The van der Waals surface area contributed by atoms with Crippen LogP contribution in [0, 0.1) is 0 Å². The molecule has 268 valence electrons. The van der Waals surface area contributed by atoms with Crippen LogP contribution in [0.15, 0.2) is 90.2 Å². The first kappa shape index (κ1) is 35.8. The van der Waals surface area contributed by atoms with Gasteiger partial charge in [-0.3, -0.25) is 0 Å². The minimum Gasteiger partial charge on any atom is -0.748 e. The molecule has 2 N–H and O–H groups in total. The largest absolute Gasteiger partial charge is 0.748 e. The molecular formula is C40H36N6O5S2. The maximum atomic E-state index is 11.0. The molecular weight excluding hydrogens is 709 g/mol. The SMILES string of the molecule is O=S(=O)([O-])CCCC[n+]1ccc(-c2c3nc(cc4ccc([nH]4)c(-c4ccc(OCCOCCN=C=S)cc4)c4nc(cc5ccc2[nH]5)C=C4)C=C3)cc1. The van der Waals surface area contributed by atoms with E-state index in [4.69, 9.17) is 19.4 Å². The summed E-state index contributed by atoms with van der Waals surface area (Å²) >= 11 is 4.57. The van der Waals surface area contributed by atoms with Crippen LogP contribution in [0.5, 0.6) is 5.75 Å². The summed E-state index contributed by atoms with van der Waals surface area (Å²) in [5.41, 5.74) is 10.7. The summed E-state index contributed by atoms with van der Waals surface area (Å²) in [6, 6.07) is 24.2. The monoisotopic (exact) mass is 744 g/mol. The van der Waals surface area contributed by atoms with Crippen molar-refractivity contribution in [3.05, 3.63) is 108 Å². The molecule has 13 heteroatoms. The molecule has 0 fully saturated rings. The van der Waals surface area contributed by atoms with Gasteiger partial charge >= 0.3 is 0 Å². The third-order valence-electron chi connectivity index (χ3n) is 8.69. The summed E-state index contributed by atoms with van der Waals surface area (Å²) in [7, 11) is -4.20. The number of aryl methyl sites for hydroxylation is 1. The fourth-order valence-corrected chi connectivity index (χ4v) is 6.87. The van der Waals surface area contributed by atoms with Crippen LogP contribution in [0.3, 0.4) is 0 Å². The predicted molar refractivity (Wildman–Crippen MR) is 210 cm³/mol. The molecule has 0 unspecified atom stereocenters. The lowest BCUT2D eigenvalue weighted by atomic mass is 10.0. The molecule has 0 aliphatic carbocycles. The number of nitrogens with one attached hydrogen (secondary N) is 2. The Labute approximate surface area is 312 Å². The van der Waals surface area contributed by atoms with Crippen molar-refractivity contribution in [2.24, 2.45) is 4.99 Å². The van der Waals surface area contributed by atoms with Gasteiger partial charge in [0, 0.05) is 57.5 Å². The predicted octanol–water partition coefficient (Wildman–Crippen LogP) is 7.10. The van der Waals surface area contributed by atoms with Crippen LogP contribution in [0.2, 0.25) is 0 Å². The zero-order valence-corrected chi connectivity index (χ0v) is 30.3. The number of aromatic nitrogens is 5. The normalized spacial score (nSPS) is 12.2. The number of thiocarbonyl (C=S) groups is 1. The summed E-state index contributed by atoms with van der Waals surface area (Å²) in [6.07, 6.45) is 12.9. The molecule has 4 aromatic heterocycles. The molecule has 1 aromatic carbocycles. The van der Waals surface area contributed by atoms with Crippen LogP contribution in [0.1, 0.15) is 35.6 Å². The van der Waals surface area contributed by atoms with Gasteiger partial charge in [-0.25, -0.2) is 27.9 Å². The van der Waals surface area contributed by atoms with E-state index in [1.54, 1.807) is 0 Å². The first-order valence-electron chi connectivity index (χ1n) is 17.2. The molecule has 0 radical (unpaired) electrons. The van der Waals surface area contributed by atoms with Crippen molar-refractivity contribution in [3.8, 4) is 28.0 Å². The molecule has 0 spiro atoms. The fraction of sp³-hybridized carbons (Fsp3) is 0.200. The average Bonchev–Trinajstić information content (AvgIpc) is 3.98. The molecule has 6 heterocycles. The quantitative estimate of drug-likeness (QED) is 0.0394. The molecule has 0 saturated carbocycles. The van der Waals surface area contributed by atoms with Crippen LogP contribution in [0.25, 0.3) is 68.6 Å². The van der Waals surface area contributed by atoms with Gasteiger partial charge in [-0.2, -0.15) is 0 Å². The summed E-state index contributed by atoms with van der Waals surface area (Å²) < 4.78 is 46.3. The van der Waals surface area contributed by atoms with Crippen molar-refractivity contribution in [2.45, 2.75) is 19.4 Å². The molecule has 8 bridgehead atoms. The Hall–Kier alpha value is -5.56. The highest BCUT2D eigenvalue weighted by atomic mass is 32.2. The van der Waals surface area contributed by atoms with Gasteiger partial charge in [0.25, 0.3) is 0 Å². The van der Waals surface area contributed by atoms with E-state index in [9.17, 15) is 13.0 Å². The number of aliphatic imine (C=N–C) groups is 1. The summed E-state index contributed by atoms with van der Waals surface area (Å²) in [5.74, 6) is 0.392. The number of pyridine rings is 1. The molecule has 7 rings (SSSR count). The van der Waals surface area contributed by atoms with E-state index in [0.717, 1.165) is 72.8 Å². The lowest BCUT2D eigenvalue weighted by Gasteiger charge is -2.08. The van der Waals surface area contributed by atoms with Gasteiger partial charge in [-0.1, -0.05) is 12.1 Å². The van der Waals surface area contributed by atoms with Gasteiger partial charge in [0.15, 0.2) is 12.4 Å². The van der Waals surface area contributed by atoms with Gasteiger partial charge in [0.2, 0.25) is 0 Å². The molecule has 11 nitrogen and oxygen atoms in total. The third-order valence-corrected chi connectivity index (χ3v) is 9.61. The van der Waals surface area contributed by atoms with E-state index in [1.807, 2.05) is 108 Å². The van der Waals surface area contributed by atoms with Gasteiger partial charge in [0.05, 0.1) is 57.8 Å². The van der Waals surface area contributed by atoms with Gasteiger partial charge in [-0.05, 0) is 103 Å². The van der Waals surface area contributed by atoms with Crippen molar-refractivity contribution in [2.75, 3.05) is 32.1 Å². The number of isothiocyanates is 1. The van der Waals surface area contributed by atoms with Crippen LogP contribution < -0.4 is 9.30 Å². The second-order valence-corrected chi connectivity index (χ2v) is 14.2. The maximum Gasteiger partial charge on any atom is 0.169 e. The van der Waals surface area contributed by atoms with Gasteiger partial charge in [-0.15, -0.1) is 0 Å². The zero-order valence-electron chi connectivity index (χ0n) is 28.7. The number of rotatable bonds is 14. The van der Waals surface area contributed by atoms with Gasteiger partial charge in [0.1, 0.15) is 18.9 Å². The van der Waals surface area contributed by atoms with E-state index >= 15 is 0 Å². The van der Waals surface area contributed by atoms with Crippen LogP contribution in [-0.4, -0.2) is 70.2 Å². The standard InChI is InChI=1S/C40H36N6O5S2/c47-53(48,49)24-2-1-18-46-19-15-29(16-20-46)40-37-13-7-32(44-37)25-30-5-11-35(42-30)39(36-12-6-31(43-36)26-33-8-14-38(40)45-33)28-3-9-34(10-4-28)51-23-22-50-21-17-41-27-52/h3-16,19-20,25-26H,1-2,17-18,21-24H2,(H2,42,43,44,45,47,48,49). The smallest absolute Gasteiger partial charge is 0.169 e. The maximum absolute atomic E-state index is 11.0. The number of nitrogens with zero attached hydrogens (tertiary/aromatic N) is 4. The summed E-state index contributed by atoms with van der Waals surface area (Å²) in [5, 5.41) is 2.33. The number of ether oxygens (including phenoxy) is 2. The minimum absolute atomic E-state index is 0.324. The highest BCUT2D eigenvalue weighted by molar-refractivity contribution is 7.85. The van der Waals surface area contributed by atoms with Crippen LogP contribution in [-0.2, 0) is 21.4 Å². The second-order valence-electron chi connectivity index (χ2n) is 12.5. The molecule has 2 aliphatic rings. The third kappa shape index (κ3) is 9.28. The lowest BCUT2D eigenvalue weighted by Crippen LogP contribution is -2.32. The van der Waals surface area contributed by atoms with E-state index in [1.165, 1.54) is 0 Å². The topological polar surface area (TPSA) is 149 Å². The van der Waals surface area contributed by atoms with Gasteiger partial charge < -0.3 is 24.0 Å². The molecule has 5 aromatic rings. The van der Waals surface area contributed by atoms with Crippen molar-refractivity contribution < 1.29 is 27.0 Å². The summed E-state index contributed by atoms with van der Waals surface area (Å²) in [6.45, 7) is 2.43. The number of aromatic amines is 2. The second kappa shape index (κ2) is 16.4. The Morgan fingerprint density at radius 1 is 0.755 bits per heavy atom. The zero-order chi connectivity index (χ0) is 36.6. The Balaban J connectivity index is 1.23. The van der Waals surface area contributed by atoms with Crippen LogP contribution in [0.4, 0.5) is 0 Å². The Morgan fingerprint density at radius 2 is 1.36 bits per heavy atom. The Morgan fingerprint density at radius 3 is 1.94 bits per heavy atom. The van der Waals surface area contributed by atoms with E-state index in [0.29, 0.717) is 45.8 Å². The first-order chi connectivity index (χ1) is 25.8. The molecule has 53 heavy (non-hydrogen) atoms. The van der Waals surface area contributed by atoms with E-state index < -0.39 is 10.1 Å². The van der Waals surface area contributed by atoms with Crippen molar-refractivity contribution >= 4 is 73.9 Å². The first-order valence-corrected chi connectivity index (χ1v) is 19.2. The Kier molecular flexibility index (Phi) is 11.1. The number of fused-ring (bicyclic) bond motifs is 8. The number of benzene rings is 1. The van der Waals surface area contributed by atoms with Crippen molar-refractivity contribution in [1.29, 1.82) is 0 Å². The van der Waals surface area contributed by atoms with E-state index in [2.05, 4.69) is 38.4 Å². The number of hydrogen-bond acceptors (Lipinski definition) is 9. The number of H-pyrrole nitrogens is 2. The number of unbranched alkanes of at least 4 members (excludes halogenated alkanes) is 1. The van der Waals surface area contributed by atoms with Crippen molar-refractivity contribution in [3.63, 3.8) is 0 Å². The molecule has 0 atom stereocenters. The van der Waals surface area contributed by atoms with Crippen molar-refractivity contribution in [1.82, 2.24) is 19.9 Å². The molecule has 2 aliphatic heterocycles. The highest BCUT2D eigenvalue weighted by Crippen LogP contribution is 2.33. The Bertz CT molecular complexity index is 2500. The average molecular weight is 745 g/mol. The molecule has 0 saturated heterocycles. The highest BCUT2D eigenvalue weighted by Gasteiger charge is 2.14. The number of hydrogen-bond donors (Lipinski definition) is 2. The van der Waals surface area contributed by atoms with Crippen LogP contribution >= 0.6 is 12.2 Å².